The standard InChI is InChI=1S/C33H27ClF3N3O3S/c1-2-29(32(43)39-24-14-8-13-23(19-24)33(35,36)37)44-26-16-9-15-25(20-26)38-31(42)28(18-22-12-6-7-17-27(22)34)40-30(41)21-10-4-3-5-11-21/h3-20,29H,2H2,1H3,(H,38,42)(H,39,43)(H,40,41)/b28-18+. The third-order valence-electron chi connectivity index (χ3n) is 6.22. The molecule has 0 aromatic heterocycles. The molecule has 4 aromatic carbocycles. The van der Waals surface area contributed by atoms with E-state index in [0.717, 1.165) is 12.1 Å². The molecule has 4 rings (SSSR count). The Morgan fingerprint density at radius 1 is 0.841 bits per heavy atom. The minimum absolute atomic E-state index is 0.0419. The molecule has 0 bridgehead atoms. The van der Waals surface area contributed by atoms with Crippen molar-refractivity contribution < 1.29 is 27.6 Å². The number of anilines is 2. The quantitative estimate of drug-likeness (QED) is 0.121. The largest absolute Gasteiger partial charge is 0.416 e. The molecule has 4 aromatic rings. The number of benzene rings is 4. The zero-order valence-corrected chi connectivity index (χ0v) is 24.9. The summed E-state index contributed by atoms with van der Waals surface area (Å²) in [5, 5.41) is 7.75. The van der Waals surface area contributed by atoms with Gasteiger partial charge in [-0.1, -0.05) is 67.1 Å². The van der Waals surface area contributed by atoms with Gasteiger partial charge in [0.2, 0.25) is 5.91 Å². The number of amides is 3. The summed E-state index contributed by atoms with van der Waals surface area (Å²) < 4.78 is 39.3. The normalized spacial score (nSPS) is 12.2. The molecule has 0 fully saturated rings. The van der Waals surface area contributed by atoms with E-state index in [4.69, 9.17) is 11.6 Å². The van der Waals surface area contributed by atoms with Crippen LogP contribution in [0.2, 0.25) is 5.02 Å². The molecule has 0 spiro atoms. The van der Waals surface area contributed by atoms with Gasteiger partial charge in [-0.3, -0.25) is 14.4 Å². The second kappa shape index (κ2) is 14.8. The van der Waals surface area contributed by atoms with E-state index in [0.29, 0.717) is 33.2 Å². The highest BCUT2D eigenvalue weighted by Gasteiger charge is 2.30. The van der Waals surface area contributed by atoms with Gasteiger partial charge in [0.05, 0.1) is 10.8 Å². The first-order valence-electron chi connectivity index (χ1n) is 13.4. The van der Waals surface area contributed by atoms with Crippen LogP contribution >= 0.6 is 23.4 Å². The summed E-state index contributed by atoms with van der Waals surface area (Å²) in [5.41, 5.74) is 0.416. The number of hydrogen-bond donors (Lipinski definition) is 3. The van der Waals surface area contributed by atoms with Crippen LogP contribution in [0.5, 0.6) is 0 Å². The van der Waals surface area contributed by atoms with Crippen LogP contribution in [0.25, 0.3) is 6.08 Å². The number of thioether (sulfide) groups is 1. The van der Waals surface area contributed by atoms with Crippen molar-refractivity contribution in [3.8, 4) is 0 Å². The Morgan fingerprint density at radius 3 is 2.18 bits per heavy atom. The van der Waals surface area contributed by atoms with E-state index < -0.39 is 34.7 Å². The summed E-state index contributed by atoms with van der Waals surface area (Å²) in [4.78, 5) is 39.9. The smallest absolute Gasteiger partial charge is 0.325 e. The van der Waals surface area contributed by atoms with Gasteiger partial charge >= 0.3 is 6.18 Å². The van der Waals surface area contributed by atoms with Gasteiger partial charge in [-0.25, -0.2) is 0 Å². The monoisotopic (exact) mass is 637 g/mol. The lowest BCUT2D eigenvalue weighted by molar-refractivity contribution is -0.137. The number of carbonyl (C=O) groups excluding carboxylic acids is 3. The number of alkyl halides is 3. The predicted molar refractivity (Wildman–Crippen MR) is 168 cm³/mol. The topological polar surface area (TPSA) is 87.3 Å². The molecule has 11 heteroatoms. The van der Waals surface area contributed by atoms with Crippen LogP contribution < -0.4 is 16.0 Å². The van der Waals surface area contributed by atoms with Gasteiger partial charge < -0.3 is 16.0 Å². The molecule has 44 heavy (non-hydrogen) atoms. The highest BCUT2D eigenvalue weighted by atomic mass is 35.5. The number of rotatable bonds is 10. The summed E-state index contributed by atoms with van der Waals surface area (Å²) in [6.45, 7) is 1.79. The van der Waals surface area contributed by atoms with Crippen LogP contribution in [0, 0.1) is 0 Å². The minimum atomic E-state index is -4.53. The maximum Gasteiger partial charge on any atom is 0.416 e. The van der Waals surface area contributed by atoms with E-state index in [-0.39, 0.29) is 11.4 Å². The maximum atomic E-state index is 13.4. The van der Waals surface area contributed by atoms with Gasteiger partial charge in [0, 0.05) is 26.9 Å². The lowest BCUT2D eigenvalue weighted by Crippen LogP contribution is -2.30. The van der Waals surface area contributed by atoms with Crippen molar-refractivity contribution in [1.29, 1.82) is 0 Å². The molecular weight excluding hydrogens is 611 g/mol. The minimum Gasteiger partial charge on any atom is -0.325 e. The van der Waals surface area contributed by atoms with Gasteiger partial charge in [0.25, 0.3) is 11.8 Å². The Bertz CT molecular complexity index is 1680. The molecule has 1 unspecified atom stereocenters. The first kappa shape index (κ1) is 32.4. The van der Waals surface area contributed by atoms with Gasteiger partial charge in [-0.15, -0.1) is 11.8 Å². The Balaban J connectivity index is 1.50. The summed E-state index contributed by atoms with van der Waals surface area (Å²) in [6.07, 6.45) is -2.66. The molecular formula is C33H27ClF3N3O3S. The summed E-state index contributed by atoms with van der Waals surface area (Å²) in [6, 6.07) is 26.5. The van der Waals surface area contributed by atoms with Crippen LogP contribution in [0.3, 0.4) is 0 Å². The Morgan fingerprint density at radius 2 is 1.50 bits per heavy atom. The fourth-order valence-corrected chi connectivity index (χ4v) is 5.22. The molecule has 226 valence electrons. The van der Waals surface area contributed by atoms with Gasteiger partial charge in [-0.2, -0.15) is 13.2 Å². The van der Waals surface area contributed by atoms with Crippen molar-refractivity contribution >= 4 is 58.5 Å². The first-order chi connectivity index (χ1) is 21.0. The summed E-state index contributed by atoms with van der Waals surface area (Å²) in [7, 11) is 0. The van der Waals surface area contributed by atoms with E-state index in [2.05, 4.69) is 16.0 Å². The van der Waals surface area contributed by atoms with Crippen molar-refractivity contribution in [1.82, 2.24) is 5.32 Å². The molecule has 0 aliphatic carbocycles. The van der Waals surface area contributed by atoms with Crippen LogP contribution in [0.4, 0.5) is 24.5 Å². The summed E-state index contributed by atoms with van der Waals surface area (Å²) >= 11 is 7.50. The Hall–Kier alpha value is -4.54. The lowest BCUT2D eigenvalue weighted by atomic mass is 10.1. The lowest BCUT2D eigenvalue weighted by Gasteiger charge is -2.16. The molecule has 1 atom stereocenters. The fraction of sp³-hybridized carbons (Fsp3) is 0.121. The van der Waals surface area contributed by atoms with E-state index in [1.807, 2.05) is 0 Å². The van der Waals surface area contributed by atoms with Gasteiger partial charge in [0.1, 0.15) is 5.70 Å². The molecule has 0 radical (unpaired) electrons. The molecule has 0 saturated heterocycles. The third-order valence-corrected chi connectivity index (χ3v) is 7.93. The second-order valence-corrected chi connectivity index (χ2v) is 11.1. The molecule has 0 saturated carbocycles. The van der Waals surface area contributed by atoms with Crippen LogP contribution in [0.15, 0.2) is 114 Å². The van der Waals surface area contributed by atoms with Crippen molar-refractivity contribution in [3.63, 3.8) is 0 Å². The fourth-order valence-electron chi connectivity index (χ4n) is 4.02. The van der Waals surface area contributed by atoms with E-state index in [1.54, 1.807) is 85.8 Å². The molecule has 6 nitrogen and oxygen atoms in total. The number of nitrogens with one attached hydrogen (secondary N) is 3. The molecule has 3 N–H and O–H groups in total. The zero-order chi connectivity index (χ0) is 31.7. The van der Waals surface area contributed by atoms with Crippen molar-refractivity contribution in [2.75, 3.05) is 10.6 Å². The van der Waals surface area contributed by atoms with Crippen LogP contribution in [-0.2, 0) is 15.8 Å². The van der Waals surface area contributed by atoms with Crippen molar-refractivity contribution in [2.24, 2.45) is 0 Å². The van der Waals surface area contributed by atoms with E-state index >= 15 is 0 Å². The van der Waals surface area contributed by atoms with Crippen molar-refractivity contribution in [2.45, 2.75) is 29.7 Å². The predicted octanol–water partition coefficient (Wildman–Crippen LogP) is 8.28. The highest BCUT2D eigenvalue weighted by Crippen LogP contribution is 2.32. The van der Waals surface area contributed by atoms with E-state index in [1.165, 1.54) is 30.0 Å². The SMILES string of the molecule is CCC(Sc1cccc(NC(=O)/C(=C\c2ccccc2Cl)NC(=O)c2ccccc2)c1)C(=O)Nc1cccc(C(F)(F)F)c1. The van der Waals surface area contributed by atoms with Gasteiger partial charge in [-0.05, 0) is 72.7 Å². The molecule has 3 amide bonds. The Kier molecular flexibility index (Phi) is 10.9. The second-order valence-electron chi connectivity index (χ2n) is 9.46. The summed E-state index contributed by atoms with van der Waals surface area (Å²) in [5.74, 6) is -1.55. The maximum absolute atomic E-state index is 13.4. The van der Waals surface area contributed by atoms with Crippen LogP contribution in [-0.4, -0.2) is 23.0 Å². The average Bonchev–Trinajstić information content (AvgIpc) is 3.00. The number of carbonyl (C=O) groups is 3. The molecule has 0 aliphatic rings. The third kappa shape index (κ3) is 8.98. The van der Waals surface area contributed by atoms with Crippen molar-refractivity contribution in [3.05, 3.63) is 131 Å². The average molecular weight is 638 g/mol. The van der Waals surface area contributed by atoms with Crippen LogP contribution in [0.1, 0.15) is 34.8 Å². The number of hydrogen-bond acceptors (Lipinski definition) is 4. The molecule has 0 aliphatic heterocycles. The molecule has 0 heterocycles. The van der Waals surface area contributed by atoms with E-state index in [9.17, 15) is 27.6 Å². The number of halogens is 4. The zero-order valence-electron chi connectivity index (χ0n) is 23.3. The highest BCUT2D eigenvalue weighted by molar-refractivity contribution is 8.00. The Labute approximate surface area is 261 Å². The first-order valence-corrected chi connectivity index (χ1v) is 14.7. The van der Waals surface area contributed by atoms with Gasteiger partial charge in [0.15, 0.2) is 0 Å².